The van der Waals surface area contributed by atoms with Gasteiger partial charge in [-0.2, -0.15) is 0 Å². The van der Waals surface area contributed by atoms with E-state index in [1.165, 1.54) is 0 Å². The lowest BCUT2D eigenvalue weighted by Gasteiger charge is -2.13. The van der Waals surface area contributed by atoms with E-state index in [-0.39, 0.29) is 18.0 Å². The Balaban J connectivity index is 2.66. The van der Waals surface area contributed by atoms with Gasteiger partial charge in [-0.25, -0.2) is 0 Å². The first-order valence-electron chi connectivity index (χ1n) is 4.13. The fourth-order valence-electron chi connectivity index (χ4n) is 1.48. The van der Waals surface area contributed by atoms with Crippen LogP contribution in [0.5, 0.6) is 0 Å². The molecule has 1 aliphatic carbocycles. The third kappa shape index (κ3) is 2.14. The molecule has 0 aromatic heterocycles. The summed E-state index contributed by atoms with van der Waals surface area (Å²) in [5, 5.41) is 0. The van der Waals surface area contributed by atoms with Crippen LogP contribution in [0.4, 0.5) is 0 Å². The fourth-order valence-corrected chi connectivity index (χ4v) is 1.48. The van der Waals surface area contributed by atoms with Crippen LogP contribution in [0.3, 0.4) is 0 Å². The van der Waals surface area contributed by atoms with Crippen molar-refractivity contribution in [2.24, 2.45) is 11.8 Å². The summed E-state index contributed by atoms with van der Waals surface area (Å²) in [6.45, 7) is 4.09. The van der Waals surface area contributed by atoms with E-state index >= 15 is 0 Å². The lowest BCUT2D eigenvalue weighted by Crippen LogP contribution is -2.08. The number of Topliss-reactive ketones (excluding diaryl/α,β-unsaturated/α-hetero) is 2. The first kappa shape index (κ1) is 8.44. The average molecular weight is 154 g/mol. The smallest absolute Gasteiger partial charge is 0.140 e. The van der Waals surface area contributed by atoms with Crippen LogP contribution < -0.4 is 0 Å². The summed E-state index contributed by atoms with van der Waals surface area (Å²) in [5.41, 5.74) is 0. The van der Waals surface area contributed by atoms with Crippen LogP contribution in [0.15, 0.2) is 0 Å². The number of carbonyl (C=O) groups excluding carboxylic acids is 2. The molecule has 0 N–H and O–H groups in total. The van der Waals surface area contributed by atoms with E-state index in [2.05, 4.69) is 0 Å². The molecule has 2 nitrogen and oxygen atoms in total. The quantitative estimate of drug-likeness (QED) is 0.392. The second-order valence-electron chi connectivity index (χ2n) is 3.62. The number of rotatable bonds is 0. The molecule has 0 aromatic carbocycles. The number of ketones is 2. The average Bonchev–Trinajstić information content (AvgIpc) is 1.93. The summed E-state index contributed by atoms with van der Waals surface area (Å²) in [6, 6.07) is 0. The Morgan fingerprint density at radius 3 is 1.73 bits per heavy atom. The first-order valence-corrected chi connectivity index (χ1v) is 4.13. The summed E-state index contributed by atoms with van der Waals surface area (Å²) < 4.78 is 0. The standard InChI is InChI=1S/C9H14O2/c1-6-3-8(10)5-9(11)4-7(6)2/h6-7H,3-5H2,1-2H3/t6-,7-/m0/s1. The van der Waals surface area contributed by atoms with Crippen LogP contribution in [0.2, 0.25) is 0 Å². The van der Waals surface area contributed by atoms with Crippen LogP contribution in [-0.2, 0) is 9.59 Å². The maximum Gasteiger partial charge on any atom is 0.140 e. The monoisotopic (exact) mass is 154 g/mol. The Morgan fingerprint density at radius 1 is 1.00 bits per heavy atom. The van der Waals surface area contributed by atoms with Crippen LogP contribution >= 0.6 is 0 Å². The Bertz CT molecular complexity index is 164. The largest absolute Gasteiger partial charge is 0.299 e. The molecule has 0 radical (unpaired) electrons. The minimum Gasteiger partial charge on any atom is -0.299 e. The van der Waals surface area contributed by atoms with Crippen LogP contribution in [-0.4, -0.2) is 11.6 Å². The molecule has 0 aromatic rings. The molecule has 0 amide bonds. The van der Waals surface area contributed by atoms with Crippen LogP contribution in [0, 0.1) is 11.8 Å². The minimum atomic E-state index is 0.117. The summed E-state index contributed by atoms with van der Waals surface area (Å²) >= 11 is 0. The maximum absolute atomic E-state index is 11.0. The zero-order valence-corrected chi connectivity index (χ0v) is 7.09. The Labute approximate surface area is 67.0 Å². The molecule has 1 aliphatic rings. The summed E-state index contributed by atoms with van der Waals surface area (Å²) in [5.74, 6) is 1.00. The van der Waals surface area contributed by atoms with Gasteiger partial charge in [0.1, 0.15) is 11.6 Å². The maximum atomic E-state index is 11.0. The highest BCUT2D eigenvalue weighted by Crippen LogP contribution is 2.23. The van der Waals surface area contributed by atoms with Crippen molar-refractivity contribution >= 4 is 11.6 Å². The molecule has 11 heavy (non-hydrogen) atoms. The van der Waals surface area contributed by atoms with Crippen molar-refractivity contribution in [3.63, 3.8) is 0 Å². The minimum absolute atomic E-state index is 0.117. The molecule has 0 aliphatic heterocycles. The van der Waals surface area contributed by atoms with Gasteiger partial charge in [0.2, 0.25) is 0 Å². The van der Waals surface area contributed by atoms with Crippen molar-refractivity contribution in [2.45, 2.75) is 33.1 Å². The lowest BCUT2D eigenvalue weighted by atomic mass is 9.91. The fraction of sp³-hybridized carbons (Fsp3) is 0.778. The van der Waals surface area contributed by atoms with E-state index in [4.69, 9.17) is 0 Å². The van der Waals surface area contributed by atoms with Gasteiger partial charge in [0.05, 0.1) is 6.42 Å². The first-order chi connectivity index (χ1) is 5.09. The van der Waals surface area contributed by atoms with Gasteiger partial charge in [-0.05, 0) is 11.8 Å². The van der Waals surface area contributed by atoms with Crippen LogP contribution in [0.25, 0.3) is 0 Å². The van der Waals surface area contributed by atoms with Crippen molar-refractivity contribution < 1.29 is 9.59 Å². The molecule has 0 saturated heterocycles. The van der Waals surface area contributed by atoms with Gasteiger partial charge in [0, 0.05) is 12.8 Å². The van der Waals surface area contributed by atoms with Gasteiger partial charge < -0.3 is 0 Å². The summed E-state index contributed by atoms with van der Waals surface area (Å²) in [7, 11) is 0. The van der Waals surface area contributed by atoms with Crippen molar-refractivity contribution in [1.82, 2.24) is 0 Å². The zero-order chi connectivity index (χ0) is 8.43. The molecule has 1 saturated carbocycles. The Kier molecular flexibility index (Phi) is 2.42. The highest BCUT2D eigenvalue weighted by atomic mass is 16.1. The molecule has 0 bridgehead atoms. The molecule has 1 rings (SSSR count). The van der Waals surface area contributed by atoms with E-state index in [1.807, 2.05) is 13.8 Å². The topological polar surface area (TPSA) is 34.1 Å². The highest BCUT2D eigenvalue weighted by Gasteiger charge is 2.24. The van der Waals surface area contributed by atoms with E-state index in [9.17, 15) is 9.59 Å². The van der Waals surface area contributed by atoms with Gasteiger partial charge in [0.25, 0.3) is 0 Å². The van der Waals surface area contributed by atoms with Gasteiger partial charge in [0.15, 0.2) is 0 Å². The normalized spacial score (nSPS) is 33.6. The van der Waals surface area contributed by atoms with Crippen molar-refractivity contribution in [1.29, 1.82) is 0 Å². The SMILES string of the molecule is C[C@H]1CC(=O)CC(=O)C[C@@H]1C. The molecule has 2 heteroatoms. The van der Waals surface area contributed by atoms with Crippen molar-refractivity contribution in [2.75, 3.05) is 0 Å². The Hall–Kier alpha value is -0.660. The lowest BCUT2D eigenvalue weighted by molar-refractivity contribution is -0.126. The molecule has 0 unspecified atom stereocenters. The molecule has 2 atom stereocenters. The third-order valence-corrected chi connectivity index (χ3v) is 2.47. The van der Waals surface area contributed by atoms with Gasteiger partial charge in [-0.15, -0.1) is 0 Å². The van der Waals surface area contributed by atoms with E-state index < -0.39 is 0 Å². The second-order valence-corrected chi connectivity index (χ2v) is 3.62. The van der Waals surface area contributed by atoms with Crippen molar-refractivity contribution in [3.05, 3.63) is 0 Å². The molecular weight excluding hydrogens is 140 g/mol. The zero-order valence-electron chi connectivity index (χ0n) is 7.09. The molecule has 62 valence electrons. The van der Waals surface area contributed by atoms with Crippen LogP contribution in [0.1, 0.15) is 33.1 Å². The van der Waals surface area contributed by atoms with Gasteiger partial charge in [-0.1, -0.05) is 13.8 Å². The molecule has 0 heterocycles. The number of hydrogen-bond acceptors (Lipinski definition) is 2. The number of hydrogen-bond donors (Lipinski definition) is 0. The third-order valence-electron chi connectivity index (χ3n) is 2.47. The van der Waals surface area contributed by atoms with Gasteiger partial charge in [-0.3, -0.25) is 9.59 Å². The molecule has 0 spiro atoms. The second kappa shape index (κ2) is 3.16. The van der Waals surface area contributed by atoms with Crippen molar-refractivity contribution in [3.8, 4) is 0 Å². The summed E-state index contributed by atoms with van der Waals surface area (Å²) in [6.07, 6.45) is 1.36. The van der Waals surface area contributed by atoms with E-state index in [1.54, 1.807) is 0 Å². The number of carbonyl (C=O) groups is 2. The van der Waals surface area contributed by atoms with E-state index in [0.29, 0.717) is 24.7 Å². The Morgan fingerprint density at radius 2 is 1.36 bits per heavy atom. The summed E-state index contributed by atoms with van der Waals surface area (Å²) in [4.78, 5) is 22.1. The molecular formula is C9H14O2. The van der Waals surface area contributed by atoms with E-state index in [0.717, 1.165) is 0 Å². The van der Waals surface area contributed by atoms with Gasteiger partial charge >= 0.3 is 0 Å². The highest BCUT2D eigenvalue weighted by molar-refractivity contribution is 5.99. The predicted molar refractivity (Wildman–Crippen MR) is 42.2 cm³/mol. The molecule has 1 fully saturated rings. The predicted octanol–water partition coefficient (Wildman–Crippen LogP) is 1.58.